The second-order valence-corrected chi connectivity index (χ2v) is 8.53. The number of aryl methyl sites for hydroxylation is 2. The fourth-order valence-corrected chi connectivity index (χ4v) is 4.67. The first kappa shape index (κ1) is 22.7. The van der Waals surface area contributed by atoms with Crippen LogP contribution in [0.5, 0.6) is 17.2 Å². The SMILES string of the molecule is COc1cc(CC(=O)NC2CCCc3c2cnn3-c2cc(C)cc(C)c2)cc(OC)c1OC. The minimum absolute atomic E-state index is 0.0528. The molecule has 0 fully saturated rings. The number of aromatic nitrogens is 2. The number of rotatable bonds is 7. The topological polar surface area (TPSA) is 74.6 Å². The third-order valence-electron chi connectivity index (χ3n) is 6.06. The van der Waals surface area contributed by atoms with Gasteiger partial charge in [0.25, 0.3) is 0 Å². The smallest absolute Gasteiger partial charge is 0.224 e. The summed E-state index contributed by atoms with van der Waals surface area (Å²) in [6.07, 6.45) is 4.96. The Morgan fingerprint density at radius 2 is 1.70 bits per heavy atom. The van der Waals surface area contributed by atoms with Crippen molar-refractivity contribution in [2.24, 2.45) is 0 Å². The van der Waals surface area contributed by atoms with Crippen LogP contribution in [-0.4, -0.2) is 37.0 Å². The summed E-state index contributed by atoms with van der Waals surface area (Å²) >= 11 is 0. The molecule has 0 saturated carbocycles. The monoisotopic (exact) mass is 449 g/mol. The summed E-state index contributed by atoms with van der Waals surface area (Å²) in [6, 6.07) is 10.0. The molecule has 1 atom stereocenters. The lowest BCUT2D eigenvalue weighted by atomic mass is 9.92. The van der Waals surface area contributed by atoms with E-state index < -0.39 is 0 Å². The molecule has 3 aromatic rings. The van der Waals surface area contributed by atoms with E-state index in [4.69, 9.17) is 14.2 Å². The number of ether oxygens (including phenoxy) is 3. The molecule has 1 unspecified atom stereocenters. The van der Waals surface area contributed by atoms with Gasteiger partial charge >= 0.3 is 0 Å². The van der Waals surface area contributed by atoms with E-state index in [9.17, 15) is 4.79 Å². The van der Waals surface area contributed by atoms with E-state index >= 15 is 0 Å². The van der Waals surface area contributed by atoms with Gasteiger partial charge in [-0.25, -0.2) is 4.68 Å². The number of methoxy groups -OCH3 is 3. The molecule has 7 heteroatoms. The molecule has 0 aliphatic heterocycles. The largest absolute Gasteiger partial charge is 0.493 e. The van der Waals surface area contributed by atoms with Gasteiger partial charge in [0, 0.05) is 11.3 Å². The van der Waals surface area contributed by atoms with Gasteiger partial charge in [0.1, 0.15) is 0 Å². The molecule has 1 aromatic heterocycles. The quantitative estimate of drug-likeness (QED) is 0.584. The molecule has 1 aliphatic carbocycles. The molecule has 7 nitrogen and oxygen atoms in total. The van der Waals surface area contributed by atoms with Crippen molar-refractivity contribution in [1.29, 1.82) is 0 Å². The van der Waals surface area contributed by atoms with Crippen molar-refractivity contribution >= 4 is 5.91 Å². The van der Waals surface area contributed by atoms with Crippen molar-refractivity contribution in [3.63, 3.8) is 0 Å². The van der Waals surface area contributed by atoms with E-state index in [2.05, 4.69) is 42.5 Å². The molecule has 33 heavy (non-hydrogen) atoms. The Balaban J connectivity index is 1.54. The van der Waals surface area contributed by atoms with Crippen LogP contribution in [0.15, 0.2) is 36.5 Å². The molecule has 1 amide bonds. The highest BCUT2D eigenvalue weighted by molar-refractivity contribution is 5.79. The molecule has 0 bridgehead atoms. The molecule has 1 heterocycles. The van der Waals surface area contributed by atoms with E-state index in [1.54, 1.807) is 21.3 Å². The summed E-state index contributed by atoms with van der Waals surface area (Å²) in [4.78, 5) is 13.0. The molecule has 4 rings (SSSR count). The van der Waals surface area contributed by atoms with Gasteiger partial charge in [-0.15, -0.1) is 0 Å². The third-order valence-corrected chi connectivity index (χ3v) is 6.06. The molecular weight excluding hydrogens is 418 g/mol. The zero-order valence-electron chi connectivity index (χ0n) is 19.9. The average Bonchev–Trinajstić information content (AvgIpc) is 3.23. The number of carbonyl (C=O) groups excluding carboxylic acids is 1. The molecule has 0 spiro atoms. The molecular formula is C26H31N3O4. The Morgan fingerprint density at radius 3 is 2.30 bits per heavy atom. The minimum Gasteiger partial charge on any atom is -0.493 e. The van der Waals surface area contributed by atoms with Crippen molar-refractivity contribution in [1.82, 2.24) is 15.1 Å². The zero-order valence-corrected chi connectivity index (χ0v) is 19.9. The predicted molar refractivity (Wildman–Crippen MR) is 127 cm³/mol. The lowest BCUT2D eigenvalue weighted by Crippen LogP contribution is -2.32. The number of hydrogen-bond acceptors (Lipinski definition) is 5. The van der Waals surface area contributed by atoms with Crippen LogP contribution in [-0.2, 0) is 17.6 Å². The maximum Gasteiger partial charge on any atom is 0.224 e. The number of carbonyl (C=O) groups is 1. The van der Waals surface area contributed by atoms with Gasteiger partial charge in [0.2, 0.25) is 11.7 Å². The third kappa shape index (κ3) is 4.67. The fourth-order valence-electron chi connectivity index (χ4n) is 4.67. The molecule has 0 saturated heterocycles. The van der Waals surface area contributed by atoms with E-state index in [1.165, 1.54) is 16.8 Å². The number of nitrogens with one attached hydrogen (secondary N) is 1. The van der Waals surface area contributed by atoms with Crippen LogP contribution in [0.1, 0.15) is 46.8 Å². The van der Waals surface area contributed by atoms with Gasteiger partial charge in [-0.05, 0) is 74.1 Å². The van der Waals surface area contributed by atoms with Crippen LogP contribution in [0.25, 0.3) is 5.69 Å². The van der Waals surface area contributed by atoms with Gasteiger partial charge in [-0.1, -0.05) is 6.07 Å². The summed E-state index contributed by atoms with van der Waals surface area (Å²) < 4.78 is 18.2. The van der Waals surface area contributed by atoms with E-state index in [0.717, 1.165) is 36.1 Å². The summed E-state index contributed by atoms with van der Waals surface area (Å²) in [5.41, 5.74) is 6.55. The van der Waals surface area contributed by atoms with Crippen LogP contribution in [0, 0.1) is 13.8 Å². The van der Waals surface area contributed by atoms with Crippen LogP contribution in [0.4, 0.5) is 0 Å². The first-order valence-corrected chi connectivity index (χ1v) is 11.2. The predicted octanol–water partition coefficient (Wildman–Crippen LogP) is 4.25. The van der Waals surface area contributed by atoms with Crippen molar-refractivity contribution in [2.75, 3.05) is 21.3 Å². The number of benzene rings is 2. The Kier molecular flexibility index (Phi) is 6.58. The molecule has 1 N–H and O–H groups in total. The maximum atomic E-state index is 13.0. The zero-order chi connectivity index (χ0) is 23.5. The molecule has 0 radical (unpaired) electrons. The summed E-state index contributed by atoms with van der Waals surface area (Å²) in [5, 5.41) is 7.88. The van der Waals surface area contributed by atoms with E-state index in [-0.39, 0.29) is 18.4 Å². The van der Waals surface area contributed by atoms with Crippen molar-refractivity contribution in [2.45, 2.75) is 45.6 Å². The Hall–Kier alpha value is -3.48. The second-order valence-electron chi connectivity index (χ2n) is 8.53. The first-order valence-electron chi connectivity index (χ1n) is 11.2. The van der Waals surface area contributed by atoms with Crippen LogP contribution in [0.2, 0.25) is 0 Å². The van der Waals surface area contributed by atoms with Crippen molar-refractivity contribution in [3.05, 3.63) is 64.5 Å². The maximum absolute atomic E-state index is 13.0. The fraction of sp³-hybridized carbons (Fsp3) is 0.385. The highest BCUT2D eigenvalue weighted by atomic mass is 16.5. The Labute approximate surface area is 194 Å². The van der Waals surface area contributed by atoms with Crippen molar-refractivity contribution in [3.8, 4) is 22.9 Å². The summed E-state index contributed by atoms with van der Waals surface area (Å²) in [5.74, 6) is 1.53. The van der Waals surface area contributed by atoms with E-state index in [1.807, 2.05) is 23.0 Å². The number of hydrogen-bond donors (Lipinski definition) is 1. The van der Waals surface area contributed by atoms with Gasteiger partial charge in [-0.3, -0.25) is 4.79 Å². The Bertz CT molecular complexity index is 1120. The minimum atomic E-state index is -0.0544. The average molecular weight is 450 g/mol. The standard InChI is InChI=1S/C26H31N3O4/c1-16-9-17(2)11-19(10-16)29-22-8-6-7-21(20(22)15-27-29)28-25(30)14-18-12-23(31-3)26(33-5)24(13-18)32-4/h9-13,15,21H,6-8,14H2,1-5H3,(H,28,30). The van der Waals surface area contributed by atoms with Crippen LogP contribution >= 0.6 is 0 Å². The highest BCUT2D eigenvalue weighted by Crippen LogP contribution is 2.38. The number of nitrogens with zero attached hydrogens (tertiary/aromatic N) is 2. The molecule has 2 aromatic carbocycles. The lowest BCUT2D eigenvalue weighted by molar-refractivity contribution is -0.121. The lowest BCUT2D eigenvalue weighted by Gasteiger charge is -2.24. The summed E-state index contributed by atoms with van der Waals surface area (Å²) in [7, 11) is 4.70. The van der Waals surface area contributed by atoms with Gasteiger partial charge < -0.3 is 19.5 Å². The second kappa shape index (κ2) is 9.57. The van der Waals surface area contributed by atoms with Gasteiger partial charge in [0.05, 0.1) is 45.7 Å². The molecule has 174 valence electrons. The first-order chi connectivity index (χ1) is 15.9. The number of fused-ring (bicyclic) bond motifs is 1. The molecule has 1 aliphatic rings. The van der Waals surface area contributed by atoms with Crippen LogP contribution < -0.4 is 19.5 Å². The van der Waals surface area contributed by atoms with Crippen LogP contribution in [0.3, 0.4) is 0 Å². The normalized spacial score (nSPS) is 15.0. The van der Waals surface area contributed by atoms with E-state index in [0.29, 0.717) is 17.2 Å². The van der Waals surface area contributed by atoms with Crippen molar-refractivity contribution < 1.29 is 19.0 Å². The van der Waals surface area contributed by atoms with Gasteiger partial charge in [0.15, 0.2) is 11.5 Å². The summed E-state index contributed by atoms with van der Waals surface area (Å²) in [6.45, 7) is 4.19. The highest BCUT2D eigenvalue weighted by Gasteiger charge is 2.26. The Morgan fingerprint density at radius 1 is 1.03 bits per heavy atom. The number of amides is 1. The van der Waals surface area contributed by atoms with Gasteiger partial charge in [-0.2, -0.15) is 5.10 Å².